The lowest BCUT2D eigenvalue weighted by molar-refractivity contribution is -0.578. The van der Waals surface area contributed by atoms with Crippen molar-refractivity contribution in [2.24, 2.45) is 75.7 Å². The van der Waals surface area contributed by atoms with Gasteiger partial charge in [0.2, 0.25) is 5.79 Å². The van der Waals surface area contributed by atoms with Crippen LogP contribution in [0.3, 0.4) is 0 Å². The van der Waals surface area contributed by atoms with E-state index in [1.807, 2.05) is 6.92 Å². The lowest BCUT2D eigenvalue weighted by atomic mass is 9.43. The predicted octanol–water partition coefficient (Wildman–Crippen LogP) is 6.10. The van der Waals surface area contributed by atoms with Gasteiger partial charge in [0.15, 0.2) is 18.2 Å². The van der Waals surface area contributed by atoms with Gasteiger partial charge in [0.25, 0.3) is 0 Å². The third kappa shape index (κ3) is 5.73. The fourth-order valence-electron chi connectivity index (χ4n) is 14.3. The van der Waals surface area contributed by atoms with Gasteiger partial charge in [-0.05, 0) is 142 Å². The van der Waals surface area contributed by atoms with Crippen LogP contribution < -0.4 is 5.73 Å². The van der Waals surface area contributed by atoms with E-state index in [-0.39, 0.29) is 65.7 Å². The van der Waals surface area contributed by atoms with Crippen LogP contribution in [0, 0.1) is 70.0 Å². The summed E-state index contributed by atoms with van der Waals surface area (Å²) in [5.74, 6) is 2.03. The van der Waals surface area contributed by atoms with Crippen LogP contribution in [0.4, 0.5) is 0 Å². The Kier molecular flexibility index (Phi) is 9.76. The van der Waals surface area contributed by atoms with Crippen molar-refractivity contribution in [3.63, 3.8) is 0 Å². The molecule has 10 nitrogen and oxygen atoms in total. The molecule has 9 rings (SSSR count). The van der Waals surface area contributed by atoms with E-state index in [1.165, 1.54) is 6.42 Å². The molecule has 0 unspecified atom stereocenters. The third-order valence-electron chi connectivity index (χ3n) is 17.2. The molecule has 19 atom stereocenters. The number of hydrogen-bond donors (Lipinski definition) is 3. The highest BCUT2D eigenvalue weighted by atomic mass is 17.3. The normalized spacial score (nSPS) is 55.1. The van der Waals surface area contributed by atoms with Gasteiger partial charge in [-0.1, -0.05) is 34.6 Å². The molecule has 4 saturated heterocycles. The Hall–Kier alpha value is -0.850. The number of carbonyl (C=O) groups is 1. The number of ether oxygens (including phenoxy) is 4. The fraction of sp³-hybridized carbons (Fsp3) is 0.976. The van der Waals surface area contributed by atoms with Gasteiger partial charge in [-0.2, -0.15) is 0 Å². The van der Waals surface area contributed by atoms with Gasteiger partial charge in [-0.25, -0.2) is 9.78 Å². The van der Waals surface area contributed by atoms with Crippen molar-refractivity contribution in [2.75, 3.05) is 13.2 Å². The number of aliphatic hydroxyl groups excluding tert-OH is 2. The molecule has 0 aromatic heterocycles. The minimum absolute atomic E-state index is 0.0573. The second kappa shape index (κ2) is 13.4. The monoisotopic (exact) mass is 717 g/mol. The van der Waals surface area contributed by atoms with E-state index < -0.39 is 17.7 Å². The largest absolute Gasteiger partial charge is 0.465 e. The Morgan fingerprint density at radius 3 is 2.49 bits per heavy atom. The third-order valence-corrected chi connectivity index (χ3v) is 17.2. The van der Waals surface area contributed by atoms with Crippen LogP contribution in [0.1, 0.15) is 125 Å². The molecular formula is C41H67NO9. The zero-order chi connectivity index (χ0) is 36.1. The number of aliphatic hydroxyl groups is 2. The van der Waals surface area contributed by atoms with Crippen LogP contribution >= 0.6 is 0 Å². The van der Waals surface area contributed by atoms with Crippen LogP contribution in [0.15, 0.2) is 0 Å². The highest BCUT2D eigenvalue weighted by Gasteiger charge is 2.70. The number of nitrogens with two attached hydrogens (primary N) is 1. The van der Waals surface area contributed by atoms with Crippen LogP contribution in [0.2, 0.25) is 0 Å². The maximum absolute atomic E-state index is 12.1. The molecule has 4 heterocycles. The van der Waals surface area contributed by atoms with Gasteiger partial charge in [0, 0.05) is 18.3 Å². The van der Waals surface area contributed by atoms with E-state index in [1.54, 1.807) is 0 Å². The molecule has 5 aliphatic carbocycles. The Labute approximate surface area is 305 Å². The zero-order valence-corrected chi connectivity index (χ0v) is 32.1. The molecule has 4 N–H and O–H groups in total. The summed E-state index contributed by atoms with van der Waals surface area (Å²) in [6.07, 6.45) is 10.8. The maximum Gasteiger partial charge on any atom is 0.319 e. The van der Waals surface area contributed by atoms with E-state index >= 15 is 0 Å². The second-order valence-corrected chi connectivity index (χ2v) is 19.4. The van der Waals surface area contributed by atoms with Gasteiger partial charge in [-0.15, -0.1) is 0 Å². The molecule has 1 spiro atoms. The molecule has 9 aliphatic rings. The molecule has 0 aromatic carbocycles. The summed E-state index contributed by atoms with van der Waals surface area (Å²) in [5.41, 5.74) is 4.65. The molecule has 10 heteroatoms. The van der Waals surface area contributed by atoms with E-state index in [0.29, 0.717) is 48.0 Å². The summed E-state index contributed by atoms with van der Waals surface area (Å²) in [5, 5.41) is 24.1. The van der Waals surface area contributed by atoms with Crippen LogP contribution in [0.5, 0.6) is 0 Å². The van der Waals surface area contributed by atoms with Crippen LogP contribution in [-0.2, 0) is 33.5 Å². The standard InChI is InChI=1S/C41H67NO9/c1-22(8-7-17-46-34(45)21-42)27-11-12-30-35-31(20-33(44)40(27,30)6)38(4)15-13-26(18-25(38)19-32(35)43)47-36-24(3)29-10-9-23(2)28-14-16-39(5)49-37(48-36)41(28,29)51-50-39/h22-33,35-37,43-44H,7-21,42H2,1-6H3/t22-,23-,24-,25+,26-,27-,28+,29+,30+,31+,32-,33+,35+,36+,37-,38+,39+,40-,41-/m1/s1. The first-order valence-corrected chi connectivity index (χ1v) is 20.8. The topological polar surface area (TPSA) is 139 Å². The summed E-state index contributed by atoms with van der Waals surface area (Å²) < 4.78 is 25.7. The van der Waals surface area contributed by atoms with Crippen molar-refractivity contribution < 1.29 is 43.7 Å². The maximum atomic E-state index is 12.1. The minimum Gasteiger partial charge on any atom is -0.465 e. The Morgan fingerprint density at radius 1 is 0.922 bits per heavy atom. The average Bonchev–Trinajstić information content (AvgIpc) is 3.30. The molecule has 9 fully saturated rings. The van der Waals surface area contributed by atoms with Crippen molar-refractivity contribution in [1.82, 2.24) is 0 Å². The first kappa shape index (κ1) is 37.1. The summed E-state index contributed by atoms with van der Waals surface area (Å²) >= 11 is 0. The SMILES string of the molecule is C[C@H]1[C@@H](O[C@@H]2CC[C@@]3(C)[C@@H](C2)C[C@@H](O)[C@@H]2[C@@H]3C[C@H](O)[C@]3(C)[C@@H]([C@H](C)CCCOC(=O)CN)CC[C@@H]23)O[C@@H]2O[C@]3(C)CC[C@H]4[C@H](C)CC[C@@H]1[C@@]24OO3. The lowest BCUT2D eigenvalue weighted by Crippen LogP contribution is -2.70. The van der Waals surface area contributed by atoms with Crippen molar-refractivity contribution in [2.45, 2.75) is 167 Å². The highest BCUT2D eigenvalue weighted by Crippen LogP contribution is 2.69. The van der Waals surface area contributed by atoms with Crippen LogP contribution in [0.25, 0.3) is 0 Å². The molecule has 290 valence electrons. The fourth-order valence-corrected chi connectivity index (χ4v) is 14.3. The first-order valence-electron chi connectivity index (χ1n) is 20.8. The van der Waals surface area contributed by atoms with E-state index in [4.69, 9.17) is 34.5 Å². The number of esters is 1. The van der Waals surface area contributed by atoms with Crippen LogP contribution in [-0.4, -0.2) is 71.6 Å². The summed E-state index contributed by atoms with van der Waals surface area (Å²) in [6, 6.07) is 0. The average molecular weight is 718 g/mol. The summed E-state index contributed by atoms with van der Waals surface area (Å²) in [7, 11) is 0. The first-order chi connectivity index (χ1) is 24.2. The van der Waals surface area contributed by atoms with Gasteiger partial charge >= 0.3 is 5.97 Å². The van der Waals surface area contributed by atoms with Crippen molar-refractivity contribution >= 4 is 5.97 Å². The smallest absolute Gasteiger partial charge is 0.319 e. The number of rotatable bonds is 8. The van der Waals surface area contributed by atoms with E-state index in [9.17, 15) is 15.0 Å². The quantitative estimate of drug-likeness (QED) is 0.117. The summed E-state index contributed by atoms with van der Waals surface area (Å²) in [4.78, 5) is 23.9. The van der Waals surface area contributed by atoms with Crippen molar-refractivity contribution in [1.29, 1.82) is 0 Å². The Morgan fingerprint density at radius 2 is 1.71 bits per heavy atom. The van der Waals surface area contributed by atoms with Gasteiger partial charge in [0.05, 0.1) is 31.5 Å². The second-order valence-electron chi connectivity index (χ2n) is 19.4. The van der Waals surface area contributed by atoms with E-state index in [2.05, 4.69) is 34.6 Å². The predicted molar refractivity (Wildman–Crippen MR) is 188 cm³/mol. The molecule has 4 aliphatic heterocycles. The lowest BCUT2D eigenvalue weighted by Gasteiger charge is -2.64. The molecular weight excluding hydrogens is 650 g/mol. The minimum atomic E-state index is -0.802. The number of fused-ring (bicyclic) bond motifs is 7. The summed E-state index contributed by atoms with van der Waals surface area (Å²) in [6.45, 7) is 14.0. The number of carbonyl (C=O) groups excluding carboxylic acids is 1. The van der Waals surface area contributed by atoms with Crippen molar-refractivity contribution in [3.8, 4) is 0 Å². The molecule has 0 amide bonds. The molecule has 2 bridgehead atoms. The van der Waals surface area contributed by atoms with Gasteiger partial charge in [0.1, 0.15) is 0 Å². The molecule has 51 heavy (non-hydrogen) atoms. The van der Waals surface area contributed by atoms with Gasteiger partial charge in [-0.3, -0.25) is 4.79 Å². The molecule has 0 aromatic rings. The highest BCUT2D eigenvalue weighted by molar-refractivity contribution is 5.71. The zero-order valence-electron chi connectivity index (χ0n) is 32.1. The van der Waals surface area contributed by atoms with Crippen molar-refractivity contribution in [3.05, 3.63) is 0 Å². The Balaban J connectivity index is 0.940. The molecule has 5 saturated carbocycles. The number of hydrogen-bond acceptors (Lipinski definition) is 10. The Bertz CT molecular complexity index is 1300. The molecule has 0 radical (unpaired) electrons. The van der Waals surface area contributed by atoms with E-state index in [0.717, 1.165) is 77.0 Å². The van der Waals surface area contributed by atoms with Gasteiger partial charge < -0.3 is 34.9 Å².